The van der Waals surface area contributed by atoms with E-state index in [0.29, 0.717) is 21.7 Å². The Labute approximate surface area is 128 Å². The zero-order valence-corrected chi connectivity index (χ0v) is 12.2. The van der Waals surface area contributed by atoms with Crippen LogP contribution in [0.15, 0.2) is 29.2 Å². The number of aromatic nitrogens is 1. The highest BCUT2D eigenvalue weighted by atomic mass is 35.5. The molecule has 2 aromatic rings. The number of benzene rings is 1. The van der Waals surface area contributed by atoms with E-state index < -0.39 is 11.5 Å². The van der Waals surface area contributed by atoms with Crippen LogP contribution >= 0.6 is 34.8 Å². The number of aliphatic carboxylic acids is 1. The van der Waals surface area contributed by atoms with E-state index in [1.54, 1.807) is 6.07 Å². The second-order valence-corrected chi connectivity index (χ2v) is 5.28. The van der Waals surface area contributed by atoms with Crippen LogP contribution in [0.4, 0.5) is 0 Å². The Balaban J connectivity index is 2.69. The Morgan fingerprint density at radius 1 is 1.15 bits per heavy atom. The molecule has 0 saturated heterocycles. The average molecular weight is 333 g/mol. The van der Waals surface area contributed by atoms with Gasteiger partial charge in [0.1, 0.15) is 0 Å². The number of carboxylic acid groups (broad SMARTS) is 1. The van der Waals surface area contributed by atoms with Crippen LogP contribution in [0.1, 0.15) is 5.56 Å². The molecule has 20 heavy (non-hydrogen) atoms. The van der Waals surface area contributed by atoms with Gasteiger partial charge in [-0.1, -0.05) is 34.8 Å². The molecule has 1 aromatic carbocycles. The zero-order chi connectivity index (χ0) is 14.9. The second kappa shape index (κ2) is 5.87. The first-order valence-corrected chi connectivity index (χ1v) is 6.60. The monoisotopic (exact) mass is 331 g/mol. The van der Waals surface area contributed by atoms with E-state index in [1.807, 2.05) is 0 Å². The van der Waals surface area contributed by atoms with Crippen LogP contribution in [0, 0.1) is 0 Å². The van der Waals surface area contributed by atoms with E-state index in [0.717, 1.165) is 0 Å². The molecule has 104 valence electrons. The van der Waals surface area contributed by atoms with Gasteiger partial charge in [0.25, 0.3) is 0 Å². The number of carboxylic acids is 1. The van der Waals surface area contributed by atoms with Crippen molar-refractivity contribution < 1.29 is 9.90 Å². The number of carbonyl (C=O) groups is 1. The fourth-order valence-electron chi connectivity index (χ4n) is 1.83. The summed E-state index contributed by atoms with van der Waals surface area (Å²) >= 11 is 18.0. The molecule has 2 rings (SSSR count). The molecule has 1 heterocycles. The number of rotatable bonds is 3. The molecule has 0 aliphatic carbocycles. The van der Waals surface area contributed by atoms with Gasteiger partial charge in [0.2, 0.25) is 5.56 Å². The van der Waals surface area contributed by atoms with E-state index in [-0.39, 0.29) is 16.5 Å². The summed E-state index contributed by atoms with van der Waals surface area (Å²) in [5.74, 6) is -1.05. The maximum atomic E-state index is 11.3. The highest BCUT2D eigenvalue weighted by Gasteiger charge is 2.15. The van der Waals surface area contributed by atoms with Crippen molar-refractivity contribution in [2.45, 2.75) is 6.42 Å². The molecular weight excluding hydrogens is 325 g/mol. The Kier molecular flexibility index (Phi) is 4.38. The number of nitrogens with one attached hydrogen (secondary N) is 1. The summed E-state index contributed by atoms with van der Waals surface area (Å²) in [6.07, 6.45) is 1.09. The van der Waals surface area contributed by atoms with E-state index >= 15 is 0 Å². The average Bonchev–Trinajstić information content (AvgIpc) is 2.33. The molecule has 0 atom stereocenters. The fraction of sp³-hybridized carbons (Fsp3) is 0.0769. The van der Waals surface area contributed by atoms with Crippen LogP contribution in [0.3, 0.4) is 0 Å². The SMILES string of the molecule is O=C(O)Cc1cc(=O)[nH]cc1-c1cc(Cl)cc(Cl)c1Cl. The third kappa shape index (κ3) is 3.15. The number of hydrogen-bond acceptors (Lipinski definition) is 2. The van der Waals surface area contributed by atoms with Crippen LogP contribution in [-0.4, -0.2) is 16.1 Å². The fourth-order valence-corrected chi connectivity index (χ4v) is 2.53. The highest BCUT2D eigenvalue weighted by molar-refractivity contribution is 6.45. The van der Waals surface area contributed by atoms with Gasteiger partial charge in [-0.05, 0) is 17.7 Å². The van der Waals surface area contributed by atoms with Crippen molar-refractivity contribution in [2.75, 3.05) is 0 Å². The Morgan fingerprint density at radius 3 is 2.50 bits per heavy atom. The molecule has 2 N–H and O–H groups in total. The first-order valence-electron chi connectivity index (χ1n) is 5.47. The third-order valence-corrected chi connectivity index (χ3v) is 3.66. The van der Waals surface area contributed by atoms with Crippen molar-refractivity contribution in [1.82, 2.24) is 4.98 Å². The lowest BCUT2D eigenvalue weighted by Crippen LogP contribution is -2.10. The van der Waals surface area contributed by atoms with E-state index in [4.69, 9.17) is 39.9 Å². The Hall–Kier alpha value is -1.49. The lowest BCUT2D eigenvalue weighted by atomic mass is 10.00. The van der Waals surface area contributed by atoms with Crippen LogP contribution < -0.4 is 5.56 Å². The quantitative estimate of drug-likeness (QED) is 0.843. The predicted octanol–water partition coefficient (Wildman–Crippen LogP) is 3.63. The number of hydrogen-bond donors (Lipinski definition) is 2. The standard InChI is InChI=1S/C13H8Cl3NO3/c14-7-3-8(13(16)10(15)4-7)9-5-17-11(18)1-6(9)2-12(19)20/h1,3-5H,2H2,(H,17,18)(H,19,20). The number of H-pyrrole nitrogens is 1. The molecule has 0 saturated carbocycles. The molecule has 1 aromatic heterocycles. The van der Waals surface area contributed by atoms with Crippen molar-refractivity contribution >= 4 is 40.8 Å². The first-order chi connectivity index (χ1) is 9.38. The van der Waals surface area contributed by atoms with Gasteiger partial charge in [-0.3, -0.25) is 9.59 Å². The number of halogens is 3. The van der Waals surface area contributed by atoms with Gasteiger partial charge in [0.05, 0.1) is 16.5 Å². The van der Waals surface area contributed by atoms with Crippen molar-refractivity contribution in [3.63, 3.8) is 0 Å². The molecule has 7 heteroatoms. The summed E-state index contributed by atoms with van der Waals surface area (Å²) in [7, 11) is 0. The zero-order valence-electron chi connectivity index (χ0n) is 9.91. The van der Waals surface area contributed by atoms with Gasteiger partial charge in [-0.15, -0.1) is 0 Å². The molecule has 0 aliphatic heterocycles. The third-order valence-electron chi connectivity index (χ3n) is 2.63. The van der Waals surface area contributed by atoms with Gasteiger partial charge >= 0.3 is 5.97 Å². The lowest BCUT2D eigenvalue weighted by molar-refractivity contribution is -0.136. The molecule has 0 bridgehead atoms. The predicted molar refractivity (Wildman–Crippen MR) is 78.9 cm³/mol. The minimum atomic E-state index is -1.05. The van der Waals surface area contributed by atoms with Gasteiger partial charge in [0, 0.05) is 28.4 Å². The van der Waals surface area contributed by atoms with Gasteiger partial charge in [-0.25, -0.2) is 0 Å². The highest BCUT2D eigenvalue weighted by Crippen LogP contribution is 2.37. The second-order valence-electron chi connectivity index (χ2n) is 4.06. The maximum Gasteiger partial charge on any atom is 0.307 e. The Bertz CT molecular complexity index is 740. The van der Waals surface area contributed by atoms with Crippen molar-refractivity contribution in [1.29, 1.82) is 0 Å². The Morgan fingerprint density at radius 2 is 1.85 bits per heavy atom. The summed E-state index contributed by atoms with van der Waals surface area (Å²) < 4.78 is 0. The molecule has 0 amide bonds. The van der Waals surface area contributed by atoms with Gasteiger partial charge < -0.3 is 10.1 Å². The van der Waals surface area contributed by atoms with Crippen molar-refractivity contribution in [3.8, 4) is 11.1 Å². The summed E-state index contributed by atoms with van der Waals surface area (Å²) in [6.45, 7) is 0. The molecule has 0 unspecified atom stereocenters. The van der Waals surface area contributed by atoms with Crippen LogP contribution in [0.25, 0.3) is 11.1 Å². The summed E-state index contributed by atoms with van der Waals surface area (Å²) in [4.78, 5) is 24.7. The lowest BCUT2D eigenvalue weighted by Gasteiger charge is -2.11. The van der Waals surface area contributed by atoms with Crippen LogP contribution in [0.5, 0.6) is 0 Å². The summed E-state index contributed by atoms with van der Waals surface area (Å²) in [5, 5.41) is 9.77. The maximum absolute atomic E-state index is 11.3. The molecular formula is C13H8Cl3NO3. The van der Waals surface area contributed by atoms with Crippen LogP contribution in [-0.2, 0) is 11.2 Å². The van der Waals surface area contributed by atoms with E-state index in [2.05, 4.69) is 4.98 Å². The minimum Gasteiger partial charge on any atom is -0.481 e. The van der Waals surface area contributed by atoms with Crippen molar-refractivity contribution in [3.05, 3.63) is 55.4 Å². The molecule has 0 spiro atoms. The normalized spacial score (nSPS) is 10.6. The molecule has 0 fully saturated rings. The van der Waals surface area contributed by atoms with Gasteiger partial charge in [0.15, 0.2) is 0 Å². The smallest absolute Gasteiger partial charge is 0.307 e. The molecule has 4 nitrogen and oxygen atoms in total. The molecule has 0 aliphatic rings. The van der Waals surface area contributed by atoms with Gasteiger partial charge in [-0.2, -0.15) is 0 Å². The van der Waals surface area contributed by atoms with E-state index in [1.165, 1.54) is 18.3 Å². The van der Waals surface area contributed by atoms with E-state index in [9.17, 15) is 9.59 Å². The van der Waals surface area contributed by atoms with Crippen molar-refractivity contribution in [2.24, 2.45) is 0 Å². The number of pyridine rings is 1. The largest absolute Gasteiger partial charge is 0.481 e. The first kappa shape index (κ1) is 14.9. The summed E-state index contributed by atoms with van der Waals surface area (Å²) in [5.41, 5.74) is 0.883. The van der Waals surface area contributed by atoms with Crippen LogP contribution in [0.2, 0.25) is 15.1 Å². The molecule has 0 radical (unpaired) electrons. The summed E-state index contributed by atoms with van der Waals surface area (Å²) in [6, 6.07) is 4.26. The topological polar surface area (TPSA) is 70.2 Å². The number of aromatic amines is 1. The minimum absolute atomic E-state index is 0.245.